The average molecular weight is 297 g/mol. The van der Waals surface area contributed by atoms with E-state index in [1.165, 1.54) is 12.1 Å². The molecule has 6 heteroatoms. The third-order valence-electron chi connectivity index (χ3n) is 2.04. The van der Waals surface area contributed by atoms with Crippen LogP contribution >= 0.6 is 15.9 Å². The summed E-state index contributed by atoms with van der Waals surface area (Å²) in [7, 11) is 0. The third kappa shape index (κ3) is 3.29. The summed E-state index contributed by atoms with van der Waals surface area (Å²) in [5.41, 5.74) is 1.23. The number of carbonyl (C=O) groups excluding carboxylic acids is 1. The van der Waals surface area contributed by atoms with Crippen molar-refractivity contribution < 1.29 is 14.7 Å². The number of halogens is 1. The van der Waals surface area contributed by atoms with E-state index in [2.05, 4.69) is 21.2 Å². The number of carboxylic acid groups (broad SMARTS) is 1. The summed E-state index contributed by atoms with van der Waals surface area (Å²) in [6, 6.07) is 4.59. The first-order chi connectivity index (χ1) is 7.95. The molecule has 0 bridgehead atoms. The van der Waals surface area contributed by atoms with Crippen LogP contribution in [0.2, 0.25) is 0 Å². The van der Waals surface area contributed by atoms with E-state index in [1.54, 1.807) is 13.0 Å². The lowest BCUT2D eigenvalue weighted by Gasteiger charge is -2.10. The van der Waals surface area contributed by atoms with Crippen molar-refractivity contribution in [1.29, 1.82) is 5.26 Å². The van der Waals surface area contributed by atoms with Crippen molar-refractivity contribution in [2.75, 3.05) is 5.32 Å². The zero-order valence-electron chi connectivity index (χ0n) is 8.95. The van der Waals surface area contributed by atoms with Gasteiger partial charge in [-0.15, -0.1) is 0 Å². The van der Waals surface area contributed by atoms with Crippen LogP contribution in [-0.4, -0.2) is 17.0 Å². The molecule has 1 aromatic carbocycles. The van der Waals surface area contributed by atoms with Crippen LogP contribution < -0.4 is 5.32 Å². The first-order valence-electron chi connectivity index (χ1n) is 4.66. The highest BCUT2D eigenvalue weighted by molar-refractivity contribution is 9.10. The second-order valence-corrected chi connectivity index (χ2v) is 4.19. The van der Waals surface area contributed by atoms with Gasteiger partial charge in [-0.1, -0.05) is 0 Å². The molecule has 88 valence electrons. The highest BCUT2D eigenvalue weighted by Gasteiger charge is 2.12. The summed E-state index contributed by atoms with van der Waals surface area (Å²) in [5, 5.41) is 19.8. The van der Waals surface area contributed by atoms with E-state index in [4.69, 9.17) is 10.4 Å². The summed E-state index contributed by atoms with van der Waals surface area (Å²) in [5.74, 6) is -1.47. The van der Waals surface area contributed by atoms with Gasteiger partial charge in [0.15, 0.2) is 0 Å². The van der Waals surface area contributed by atoms with E-state index in [-0.39, 0.29) is 12.0 Å². The number of hydrogen-bond donors (Lipinski definition) is 2. The van der Waals surface area contributed by atoms with Crippen molar-refractivity contribution in [2.24, 2.45) is 0 Å². The molecule has 0 saturated heterocycles. The molecule has 0 aromatic heterocycles. The van der Waals surface area contributed by atoms with Gasteiger partial charge in [-0.25, -0.2) is 4.79 Å². The summed E-state index contributed by atoms with van der Waals surface area (Å²) in [4.78, 5) is 22.1. The van der Waals surface area contributed by atoms with Crippen LogP contribution in [-0.2, 0) is 4.79 Å². The number of nitriles is 1. The van der Waals surface area contributed by atoms with Crippen LogP contribution in [0, 0.1) is 18.3 Å². The van der Waals surface area contributed by atoms with Gasteiger partial charge >= 0.3 is 5.97 Å². The Morgan fingerprint density at radius 2 is 2.18 bits per heavy atom. The molecule has 0 atom stereocenters. The molecule has 5 nitrogen and oxygen atoms in total. The SMILES string of the molecule is Cc1cc(C(=O)O)cc(Br)c1NC(=O)CC#N. The number of benzene rings is 1. The largest absolute Gasteiger partial charge is 0.478 e. The first-order valence-corrected chi connectivity index (χ1v) is 5.45. The number of nitrogens with zero attached hydrogens (tertiary/aromatic N) is 1. The van der Waals surface area contributed by atoms with Gasteiger partial charge in [-0.05, 0) is 40.5 Å². The van der Waals surface area contributed by atoms with Crippen molar-refractivity contribution in [3.05, 3.63) is 27.7 Å². The third-order valence-corrected chi connectivity index (χ3v) is 2.66. The fourth-order valence-corrected chi connectivity index (χ4v) is 1.94. The van der Waals surface area contributed by atoms with E-state index >= 15 is 0 Å². The molecule has 0 fully saturated rings. The monoisotopic (exact) mass is 296 g/mol. The van der Waals surface area contributed by atoms with Crippen LogP contribution in [0.5, 0.6) is 0 Å². The quantitative estimate of drug-likeness (QED) is 0.895. The molecule has 1 rings (SSSR count). The zero-order chi connectivity index (χ0) is 13.0. The lowest BCUT2D eigenvalue weighted by molar-refractivity contribution is -0.115. The maximum Gasteiger partial charge on any atom is 0.335 e. The Labute approximate surface area is 106 Å². The standard InChI is InChI=1S/C11H9BrN2O3/c1-6-4-7(11(16)17)5-8(12)10(6)14-9(15)2-3-13/h4-5H,2H2,1H3,(H,14,15)(H,16,17). The summed E-state index contributed by atoms with van der Waals surface area (Å²) < 4.78 is 0.473. The number of carboxylic acids is 1. The zero-order valence-corrected chi connectivity index (χ0v) is 10.5. The fourth-order valence-electron chi connectivity index (χ4n) is 1.28. The number of amides is 1. The maximum absolute atomic E-state index is 11.3. The maximum atomic E-state index is 11.3. The van der Waals surface area contributed by atoms with Crippen molar-refractivity contribution in [3.8, 4) is 6.07 Å². The Hall–Kier alpha value is -1.87. The minimum absolute atomic E-state index is 0.132. The molecular formula is C11H9BrN2O3. The molecule has 0 radical (unpaired) electrons. The first kappa shape index (κ1) is 13.2. The van der Waals surface area contributed by atoms with Crippen molar-refractivity contribution >= 4 is 33.5 Å². The number of nitrogens with one attached hydrogen (secondary N) is 1. The number of aromatic carboxylic acids is 1. The van der Waals surface area contributed by atoms with E-state index < -0.39 is 11.9 Å². The molecule has 1 aromatic rings. The van der Waals surface area contributed by atoms with E-state index in [9.17, 15) is 9.59 Å². The molecule has 2 N–H and O–H groups in total. The molecule has 0 aliphatic heterocycles. The second-order valence-electron chi connectivity index (χ2n) is 3.34. The Kier molecular flexibility index (Phi) is 4.24. The van der Waals surface area contributed by atoms with Crippen molar-refractivity contribution in [1.82, 2.24) is 0 Å². The number of hydrogen-bond acceptors (Lipinski definition) is 3. The average Bonchev–Trinajstić information content (AvgIpc) is 2.23. The molecule has 0 spiro atoms. The minimum Gasteiger partial charge on any atom is -0.478 e. The van der Waals surface area contributed by atoms with Gasteiger partial charge in [0.2, 0.25) is 5.91 Å². The van der Waals surface area contributed by atoms with Crippen LogP contribution in [0.1, 0.15) is 22.3 Å². The van der Waals surface area contributed by atoms with Crippen LogP contribution in [0.25, 0.3) is 0 Å². The number of carbonyl (C=O) groups is 2. The highest BCUT2D eigenvalue weighted by atomic mass is 79.9. The van der Waals surface area contributed by atoms with Crippen LogP contribution in [0.15, 0.2) is 16.6 Å². The van der Waals surface area contributed by atoms with Gasteiger partial charge in [0, 0.05) is 4.47 Å². The highest BCUT2D eigenvalue weighted by Crippen LogP contribution is 2.28. The Bertz CT molecular complexity index is 497. The topological polar surface area (TPSA) is 90.2 Å². The van der Waals surface area contributed by atoms with E-state index in [0.717, 1.165) is 0 Å². The van der Waals surface area contributed by atoms with Gasteiger partial charge < -0.3 is 10.4 Å². The van der Waals surface area contributed by atoms with Crippen molar-refractivity contribution in [3.63, 3.8) is 0 Å². The minimum atomic E-state index is -1.04. The molecule has 0 unspecified atom stereocenters. The van der Waals surface area contributed by atoms with E-state index in [1.807, 2.05) is 0 Å². The Morgan fingerprint density at radius 1 is 1.53 bits per heavy atom. The molecule has 0 saturated carbocycles. The lowest BCUT2D eigenvalue weighted by Crippen LogP contribution is -2.12. The van der Waals surface area contributed by atoms with Crippen LogP contribution in [0.4, 0.5) is 5.69 Å². The number of anilines is 1. The van der Waals surface area contributed by atoms with E-state index in [0.29, 0.717) is 15.7 Å². The van der Waals surface area contributed by atoms with Gasteiger partial charge in [-0.2, -0.15) is 5.26 Å². The number of aryl methyl sites for hydroxylation is 1. The molecule has 0 aliphatic carbocycles. The summed E-state index contributed by atoms with van der Waals surface area (Å²) in [6.07, 6.45) is -0.243. The predicted molar refractivity (Wildman–Crippen MR) is 64.7 cm³/mol. The molecular weight excluding hydrogens is 288 g/mol. The summed E-state index contributed by atoms with van der Waals surface area (Å²) >= 11 is 3.18. The Balaban J connectivity index is 3.07. The normalized spacial score (nSPS) is 9.47. The Morgan fingerprint density at radius 3 is 2.65 bits per heavy atom. The summed E-state index contributed by atoms with van der Waals surface area (Å²) in [6.45, 7) is 1.68. The number of rotatable bonds is 3. The molecule has 0 heterocycles. The molecule has 17 heavy (non-hydrogen) atoms. The smallest absolute Gasteiger partial charge is 0.335 e. The van der Waals surface area contributed by atoms with Crippen LogP contribution in [0.3, 0.4) is 0 Å². The second kappa shape index (κ2) is 5.46. The van der Waals surface area contributed by atoms with Gasteiger partial charge in [0.1, 0.15) is 6.42 Å². The molecule has 0 aliphatic rings. The van der Waals surface area contributed by atoms with Crippen molar-refractivity contribution in [2.45, 2.75) is 13.3 Å². The van der Waals surface area contributed by atoms with Gasteiger partial charge in [-0.3, -0.25) is 4.79 Å². The van der Waals surface area contributed by atoms with Gasteiger partial charge in [0.05, 0.1) is 17.3 Å². The van der Waals surface area contributed by atoms with Gasteiger partial charge in [0.25, 0.3) is 0 Å². The lowest BCUT2D eigenvalue weighted by atomic mass is 10.1. The molecule has 1 amide bonds. The fraction of sp³-hybridized carbons (Fsp3) is 0.182. The predicted octanol–water partition coefficient (Wildman–Crippen LogP) is 2.31.